The molecule has 1 aliphatic rings. The molecule has 0 saturated carbocycles. The van der Waals surface area contributed by atoms with Gasteiger partial charge in [0.2, 0.25) is 0 Å². The van der Waals surface area contributed by atoms with Gasteiger partial charge in [0.1, 0.15) is 5.75 Å². The van der Waals surface area contributed by atoms with E-state index in [1.807, 2.05) is 24.3 Å². The third kappa shape index (κ3) is 3.17. The zero-order valence-electron chi connectivity index (χ0n) is 14.5. The number of carbonyl (C=O) groups is 1. The third-order valence-corrected chi connectivity index (χ3v) is 4.57. The topological polar surface area (TPSA) is 97.7 Å². The summed E-state index contributed by atoms with van der Waals surface area (Å²) in [4.78, 5) is 12.6. The molecule has 0 bridgehead atoms. The van der Waals surface area contributed by atoms with E-state index in [2.05, 4.69) is 25.8 Å². The largest absolute Gasteiger partial charge is 0.497 e. The molecular weight excluding hydrogens is 332 g/mol. The van der Waals surface area contributed by atoms with Crippen LogP contribution in [-0.4, -0.2) is 38.2 Å². The summed E-state index contributed by atoms with van der Waals surface area (Å²) in [5.41, 5.74) is 3.36. The highest BCUT2D eigenvalue weighted by atomic mass is 16.5. The lowest BCUT2D eigenvalue weighted by atomic mass is 10.1. The molecule has 0 unspecified atom stereocenters. The van der Waals surface area contributed by atoms with E-state index in [1.165, 1.54) is 6.42 Å². The molecular formula is C18H20N6O2. The monoisotopic (exact) mass is 352 g/mol. The molecule has 26 heavy (non-hydrogen) atoms. The minimum atomic E-state index is -0.262. The average Bonchev–Trinajstić information content (AvgIpc) is 3.23. The van der Waals surface area contributed by atoms with Gasteiger partial charge in [0.25, 0.3) is 5.91 Å². The number of carbonyl (C=O) groups excluding carboxylic acids is 1. The minimum Gasteiger partial charge on any atom is -0.497 e. The van der Waals surface area contributed by atoms with Gasteiger partial charge in [0.05, 0.1) is 19.0 Å². The number of ether oxygens (including phenoxy) is 1. The predicted molar refractivity (Wildman–Crippen MR) is 95.7 cm³/mol. The first-order chi connectivity index (χ1) is 12.7. The maximum Gasteiger partial charge on any atom is 0.277 e. The molecule has 0 radical (unpaired) electrons. The highest BCUT2D eigenvalue weighted by Gasteiger charge is 2.21. The normalized spacial score (nSPS) is 13.7. The van der Waals surface area contributed by atoms with E-state index in [1.54, 1.807) is 18.0 Å². The number of methoxy groups -OCH3 is 1. The van der Waals surface area contributed by atoms with Crippen molar-refractivity contribution in [2.45, 2.75) is 32.1 Å². The van der Waals surface area contributed by atoms with E-state index in [0.717, 1.165) is 48.4 Å². The number of H-pyrrole nitrogens is 1. The maximum atomic E-state index is 12.6. The van der Waals surface area contributed by atoms with E-state index in [-0.39, 0.29) is 5.91 Å². The Bertz CT molecular complexity index is 929. The van der Waals surface area contributed by atoms with E-state index in [9.17, 15) is 4.79 Å². The van der Waals surface area contributed by atoms with Crippen LogP contribution in [0.3, 0.4) is 0 Å². The number of nitrogens with zero attached hydrogens (tertiary/aromatic N) is 4. The number of hydrogen-bond donors (Lipinski definition) is 2. The van der Waals surface area contributed by atoms with Crippen LogP contribution in [0.1, 0.15) is 41.0 Å². The maximum absolute atomic E-state index is 12.6. The van der Waals surface area contributed by atoms with E-state index < -0.39 is 0 Å². The summed E-state index contributed by atoms with van der Waals surface area (Å²) in [6.45, 7) is 0. The Morgan fingerprint density at radius 3 is 3.04 bits per heavy atom. The van der Waals surface area contributed by atoms with Crippen molar-refractivity contribution in [2.24, 2.45) is 0 Å². The number of aromatic amines is 1. The Labute approximate surface area is 150 Å². The molecule has 2 aromatic heterocycles. The molecule has 0 spiro atoms. The van der Waals surface area contributed by atoms with Crippen LogP contribution in [0.15, 0.2) is 30.5 Å². The van der Waals surface area contributed by atoms with Crippen molar-refractivity contribution in [2.75, 3.05) is 12.4 Å². The Morgan fingerprint density at radius 2 is 2.15 bits per heavy atom. The summed E-state index contributed by atoms with van der Waals surface area (Å²) in [6, 6.07) is 7.45. The molecule has 8 heteroatoms. The smallest absolute Gasteiger partial charge is 0.277 e. The molecule has 134 valence electrons. The van der Waals surface area contributed by atoms with E-state index >= 15 is 0 Å². The molecule has 1 amide bonds. The fourth-order valence-corrected chi connectivity index (χ4v) is 3.22. The summed E-state index contributed by atoms with van der Waals surface area (Å²) in [6.07, 6.45) is 6.88. The first-order valence-electron chi connectivity index (χ1n) is 8.69. The van der Waals surface area contributed by atoms with Crippen LogP contribution in [0.2, 0.25) is 0 Å². The first-order valence-corrected chi connectivity index (χ1v) is 8.69. The lowest BCUT2D eigenvalue weighted by Crippen LogP contribution is -2.15. The quantitative estimate of drug-likeness (QED) is 0.703. The summed E-state index contributed by atoms with van der Waals surface area (Å²) < 4.78 is 6.80. The van der Waals surface area contributed by atoms with Gasteiger partial charge in [-0.3, -0.25) is 9.89 Å². The van der Waals surface area contributed by atoms with Crippen molar-refractivity contribution >= 4 is 11.7 Å². The highest BCUT2D eigenvalue weighted by Crippen LogP contribution is 2.22. The van der Waals surface area contributed by atoms with Crippen molar-refractivity contribution in [3.05, 3.63) is 47.4 Å². The second-order valence-electron chi connectivity index (χ2n) is 6.29. The van der Waals surface area contributed by atoms with Crippen molar-refractivity contribution in [3.8, 4) is 11.4 Å². The van der Waals surface area contributed by atoms with Crippen molar-refractivity contribution < 1.29 is 9.53 Å². The average molecular weight is 352 g/mol. The molecule has 2 N–H and O–H groups in total. The molecule has 4 rings (SSSR count). The van der Waals surface area contributed by atoms with Crippen LogP contribution in [0.5, 0.6) is 5.75 Å². The molecule has 0 fully saturated rings. The number of amides is 1. The minimum absolute atomic E-state index is 0.262. The fraction of sp³-hybridized carbons (Fsp3) is 0.333. The van der Waals surface area contributed by atoms with Crippen LogP contribution in [0.4, 0.5) is 5.82 Å². The first kappa shape index (κ1) is 16.3. The lowest BCUT2D eigenvalue weighted by Gasteiger charge is -2.03. The van der Waals surface area contributed by atoms with Gasteiger partial charge in [-0.2, -0.15) is 5.10 Å². The van der Waals surface area contributed by atoms with Gasteiger partial charge in [-0.15, -0.1) is 5.10 Å². The van der Waals surface area contributed by atoms with Gasteiger partial charge < -0.3 is 10.1 Å². The second kappa shape index (κ2) is 6.99. The van der Waals surface area contributed by atoms with Gasteiger partial charge in [-0.1, -0.05) is 17.7 Å². The molecule has 0 atom stereocenters. The van der Waals surface area contributed by atoms with Gasteiger partial charge in [0.15, 0.2) is 11.5 Å². The molecule has 0 saturated heterocycles. The molecule has 3 aromatic rings. The Balaban J connectivity index is 1.52. The Hall–Kier alpha value is -3.16. The standard InChI is InChI=1S/C18H20N6O2/c1-26-13-7-5-6-12(10-13)24-11-16(21-23-24)19-18(25)17-14-8-3-2-4-9-15(14)20-22-17/h5-7,10-11H,2-4,8-9H2,1H3,(H,19,25)(H,20,22). The van der Waals surface area contributed by atoms with Gasteiger partial charge in [-0.05, 0) is 37.8 Å². The summed E-state index contributed by atoms with van der Waals surface area (Å²) >= 11 is 0. The number of rotatable bonds is 4. The SMILES string of the molecule is COc1cccc(-n2cc(NC(=O)c3n[nH]c4c3CCCCC4)nn2)c1. The number of aryl methyl sites for hydroxylation is 1. The van der Waals surface area contributed by atoms with Crippen LogP contribution in [0.25, 0.3) is 5.69 Å². The van der Waals surface area contributed by atoms with Crippen LogP contribution in [-0.2, 0) is 12.8 Å². The number of hydrogen-bond acceptors (Lipinski definition) is 5. The molecule has 8 nitrogen and oxygen atoms in total. The number of aromatic nitrogens is 5. The highest BCUT2D eigenvalue weighted by molar-refractivity contribution is 6.03. The van der Waals surface area contributed by atoms with Crippen molar-refractivity contribution in [3.63, 3.8) is 0 Å². The third-order valence-electron chi connectivity index (χ3n) is 4.57. The summed E-state index contributed by atoms with van der Waals surface area (Å²) in [5.74, 6) is 0.841. The van der Waals surface area contributed by atoms with Gasteiger partial charge in [-0.25, -0.2) is 4.68 Å². The molecule has 1 aromatic carbocycles. The zero-order valence-corrected chi connectivity index (χ0v) is 14.5. The number of nitrogens with one attached hydrogen (secondary N) is 2. The Kier molecular flexibility index (Phi) is 4.39. The molecule has 0 aliphatic heterocycles. The number of benzene rings is 1. The van der Waals surface area contributed by atoms with Crippen molar-refractivity contribution in [1.29, 1.82) is 0 Å². The summed E-state index contributed by atoms with van der Waals surface area (Å²) in [7, 11) is 1.61. The zero-order chi connectivity index (χ0) is 17.9. The summed E-state index contributed by atoms with van der Waals surface area (Å²) in [5, 5.41) is 18.1. The second-order valence-corrected chi connectivity index (χ2v) is 6.29. The van der Waals surface area contributed by atoms with E-state index in [4.69, 9.17) is 4.74 Å². The predicted octanol–water partition coefficient (Wildman–Crippen LogP) is 2.52. The van der Waals surface area contributed by atoms with Gasteiger partial charge in [0, 0.05) is 17.3 Å². The van der Waals surface area contributed by atoms with Crippen LogP contribution in [0, 0.1) is 0 Å². The number of anilines is 1. The van der Waals surface area contributed by atoms with Crippen LogP contribution >= 0.6 is 0 Å². The van der Waals surface area contributed by atoms with Crippen LogP contribution < -0.4 is 10.1 Å². The lowest BCUT2D eigenvalue weighted by molar-refractivity contribution is 0.102. The number of fused-ring (bicyclic) bond motifs is 1. The Morgan fingerprint density at radius 1 is 1.27 bits per heavy atom. The fourth-order valence-electron chi connectivity index (χ4n) is 3.22. The van der Waals surface area contributed by atoms with Crippen molar-refractivity contribution in [1.82, 2.24) is 25.2 Å². The molecule has 2 heterocycles. The molecule has 1 aliphatic carbocycles. The van der Waals surface area contributed by atoms with Gasteiger partial charge >= 0.3 is 0 Å². The van der Waals surface area contributed by atoms with E-state index in [0.29, 0.717) is 11.5 Å².